The largest absolute Gasteiger partial charge is 0.314 e. The van der Waals surface area contributed by atoms with E-state index in [4.69, 9.17) is 0 Å². The molecular weight excluding hydrogens is 330 g/mol. The Morgan fingerprint density at radius 1 is 1.32 bits per heavy atom. The lowest BCUT2D eigenvalue weighted by Crippen LogP contribution is -2.52. The van der Waals surface area contributed by atoms with Crippen LogP contribution in [0.3, 0.4) is 0 Å². The van der Waals surface area contributed by atoms with Crippen molar-refractivity contribution >= 4 is 28.1 Å². The molecule has 1 atom stereocenters. The summed E-state index contributed by atoms with van der Waals surface area (Å²) >= 11 is 0. The molecule has 1 fully saturated rings. The second-order valence-electron chi connectivity index (χ2n) is 5.33. The number of nitrogens with one attached hydrogen (secondary N) is 1. The van der Waals surface area contributed by atoms with Crippen molar-refractivity contribution in [2.75, 3.05) is 19.6 Å². The Hall–Kier alpha value is -1.22. The Labute approximate surface area is 136 Å². The van der Waals surface area contributed by atoms with Crippen molar-refractivity contribution in [1.82, 2.24) is 9.62 Å². The van der Waals surface area contributed by atoms with Crippen LogP contribution in [0.4, 0.5) is 5.69 Å². The molecule has 124 valence electrons. The van der Waals surface area contributed by atoms with Crippen LogP contribution in [0.25, 0.3) is 0 Å². The van der Waals surface area contributed by atoms with Crippen LogP contribution in [0, 0.1) is 24.0 Å². The molecule has 0 saturated carbocycles. The smallest absolute Gasteiger partial charge is 0.273 e. The number of nitrogens with zero attached hydrogens (tertiary/aromatic N) is 2. The van der Waals surface area contributed by atoms with E-state index in [1.807, 2.05) is 6.92 Å². The lowest BCUT2D eigenvalue weighted by atomic mass is 10.1. The Morgan fingerprint density at radius 2 is 1.95 bits per heavy atom. The highest BCUT2D eigenvalue weighted by Crippen LogP contribution is 2.29. The molecule has 22 heavy (non-hydrogen) atoms. The quantitative estimate of drug-likeness (QED) is 0.661. The molecular formula is C13H20ClN3O4S. The average Bonchev–Trinajstić information content (AvgIpc) is 2.38. The number of sulfonamides is 1. The molecule has 0 aliphatic carbocycles. The Balaban J connectivity index is 0.00000242. The first-order chi connectivity index (χ1) is 9.75. The summed E-state index contributed by atoms with van der Waals surface area (Å²) in [6, 6.07) is 2.55. The maximum absolute atomic E-state index is 12.8. The molecule has 7 nitrogen and oxygen atoms in total. The molecule has 1 heterocycles. The maximum Gasteiger partial charge on any atom is 0.273 e. The topological polar surface area (TPSA) is 92.6 Å². The van der Waals surface area contributed by atoms with E-state index in [-0.39, 0.29) is 29.0 Å². The number of nitro benzene ring substituents is 1. The van der Waals surface area contributed by atoms with Crippen LogP contribution in [0.2, 0.25) is 0 Å². The zero-order valence-electron chi connectivity index (χ0n) is 12.7. The predicted octanol–water partition coefficient (Wildman–Crippen LogP) is 1.62. The zero-order valence-corrected chi connectivity index (χ0v) is 14.3. The highest BCUT2D eigenvalue weighted by Gasteiger charge is 2.33. The maximum atomic E-state index is 12.8. The summed E-state index contributed by atoms with van der Waals surface area (Å²) < 4.78 is 27.0. The van der Waals surface area contributed by atoms with Crippen molar-refractivity contribution in [3.8, 4) is 0 Å². The Morgan fingerprint density at radius 3 is 2.50 bits per heavy atom. The Kier molecular flexibility index (Phi) is 5.91. The van der Waals surface area contributed by atoms with E-state index in [0.717, 1.165) is 0 Å². The molecule has 0 bridgehead atoms. The van der Waals surface area contributed by atoms with Gasteiger partial charge in [0, 0.05) is 37.3 Å². The zero-order chi connectivity index (χ0) is 15.8. The van der Waals surface area contributed by atoms with Gasteiger partial charge in [0.25, 0.3) is 5.69 Å². The number of nitro groups is 1. The molecule has 1 aliphatic heterocycles. The molecule has 1 unspecified atom stereocenters. The van der Waals surface area contributed by atoms with Gasteiger partial charge in [0.15, 0.2) is 0 Å². The van der Waals surface area contributed by atoms with Crippen molar-refractivity contribution < 1.29 is 13.3 Å². The molecule has 1 aliphatic rings. The fraction of sp³-hybridized carbons (Fsp3) is 0.538. The van der Waals surface area contributed by atoms with Gasteiger partial charge in [-0.1, -0.05) is 0 Å². The molecule has 1 aromatic carbocycles. The average molecular weight is 350 g/mol. The highest BCUT2D eigenvalue weighted by atomic mass is 35.5. The number of aryl methyl sites for hydroxylation is 2. The summed E-state index contributed by atoms with van der Waals surface area (Å²) in [4.78, 5) is 10.5. The van der Waals surface area contributed by atoms with Crippen LogP contribution in [-0.2, 0) is 10.0 Å². The number of hydrogen-bond acceptors (Lipinski definition) is 5. The molecule has 9 heteroatoms. The van der Waals surface area contributed by atoms with Crippen molar-refractivity contribution in [3.05, 3.63) is 33.4 Å². The van der Waals surface area contributed by atoms with Crippen LogP contribution in [0.1, 0.15) is 18.1 Å². The Bertz CT molecular complexity index is 678. The van der Waals surface area contributed by atoms with Crippen molar-refractivity contribution in [1.29, 1.82) is 0 Å². The molecule has 1 aromatic rings. The summed E-state index contributed by atoms with van der Waals surface area (Å²) in [5, 5.41) is 14.2. The molecule has 2 rings (SSSR count). The number of halogens is 1. The minimum atomic E-state index is -3.73. The van der Waals surface area contributed by atoms with Crippen LogP contribution in [0.15, 0.2) is 17.0 Å². The summed E-state index contributed by atoms with van der Waals surface area (Å²) in [6.07, 6.45) is 0. The molecule has 1 saturated heterocycles. The van der Waals surface area contributed by atoms with E-state index in [1.165, 1.54) is 10.4 Å². The molecule has 0 amide bonds. The van der Waals surface area contributed by atoms with Crippen LogP contribution < -0.4 is 5.32 Å². The van der Waals surface area contributed by atoms with Crippen molar-refractivity contribution in [3.63, 3.8) is 0 Å². The minimum absolute atomic E-state index is 0. The van der Waals surface area contributed by atoms with Crippen LogP contribution in [0.5, 0.6) is 0 Å². The third-order valence-electron chi connectivity index (χ3n) is 3.72. The SMILES string of the molecule is Cc1cc(C)c(S(=O)(=O)N2CCNCC2C)cc1[N+](=O)[O-].Cl. The normalized spacial score (nSPS) is 19.5. The number of rotatable bonds is 3. The lowest BCUT2D eigenvalue weighted by molar-refractivity contribution is -0.385. The van der Waals surface area contributed by atoms with Gasteiger partial charge in [0.2, 0.25) is 10.0 Å². The standard InChI is InChI=1S/C13H19N3O4S.ClH/c1-9-6-10(2)13(7-12(9)16(17)18)21(19,20)15-5-4-14-8-11(15)3;/h6-7,11,14H,4-5,8H2,1-3H3;1H. The summed E-state index contributed by atoms with van der Waals surface area (Å²) in [6.45, 7) is 6.61. The van der Waals surface area contributed by atoms with E-state index in [9.17, 15) is 18.5 Å². The minimum Gasteiger partial charge on any atom is -0.314 e. The second-order valence-corrected chi connectivity index (χ2v) is 7.19. The van der Waals surface area contributed by atoms with Gasteiger partial charge < -0.3 is 5.32 Å². The molecule has 0 aromatic heterocycles. The molecule has 1 N–H and O–H groups in total. The number of benzene rings is 1. The summed E-state index contributed by atoms with van der Waals surface area (Å²) in [7, 11) is -3.73. The van der Waals surface area contributed by atoms with Crippen LogP contribution in [-0.4, -0.2) is 43.3 Å². The fourth-order valence-electron chi connectivity index (χ4n) is 2.60. The second kappa shape index (κ2) is 6.91. The van der Waals surface area contributed by atoms with E-state index >= 15 is 0 Å². The van der Waals surface area contributed by atoms with Gasteiger partial charge in [-0.2, -0.15) is 4.31 Å². The van der Waals surface area contributed by atoms with Gasteiger partial charge in [0.1, 0.15) is 0 Å². The predicted molar refractivity (Wildman–Crippen MR) is 86.0 cm³/mol. The lowest BCUT2D eigenvalue weighted by Gasteiger charge is -2.33. The third kappa shape index (κ3) is 3.40. The number of piperazine rings is 1. The van der Waals surface area contributed by atoms with Crippen molar-refractivity contribution in [2.45, 2.75) is 31.7 Å². The monoisotopic (exact) mass is 349 g/mol. The van der Waals surface area contributed by atoms with E-state index in [1.54, 1.807) is 19.9 Å². The van der Waals surface area contributed by atoms with Gasteiger partial charge in [-0.25, -0.2) is 8.42 Å². The van der Waals surface area contributed by atoms with Gasteiger partial charge in [-0.05, 0) is 32.4 Å². The van der Waals surface area contributed by atoms with E-state index in [0.29, 0.717) is 30.8 Å². The molecule has 0 radical (unpaired) electrons. The van der Waals surface area contributed by atoms with Crippen molar-refractivity contribution in [2.24, 2.45) is 0 Å². The highest BCUT2D eigenvalue weighted by molar-refractivity contribution is 7.89. The van der Waals surface area contributed by atoms with E-state index < -0.39 is 14.9 Å². The first kappa shape index (κ1) is 18.8. The first-order valence-corrected chi connectivity index (χ1v) is 8.17. The van der Waals surface area contributed by atoms with Gasteiger partial charge in [-0.3, -0.25) is 10.1 Å². The van der Waals surface area contributed by atoms with Crippen LogP contribution >= 0.6 is 12.4 Å². The third-order valence-corrected chi connectivity index (χ3v) is 5.87. The molecule has 0 spiro atoms. The summed E-state index contributed by atoms with van der Waals surface area (Å²) in [5.74, 6) is 0. The van der Waals surface area contributed by atoms with Gasteiger partial charge in [0.05, 0.1) is 9.82 Å². The van der Waals surface area contributed by atoms with Gasteiger partial charge in [-0.15, -0.1) is 12.4 Å². The van der Waals surface area contributed by atoms with E-state index in [2.05, 4.69) is 5.32 Å². The van der Waals surface area contributed by atoms with Gasteiger partial charge >= 0.3 is 0 Å². The summed E-state index contributed by atoms with van der Waals surface area (Å²) in [5.41, 5.74) is 0.829. The fourth-order valence-corrected chi connectivity index (χ4v) is 4.46. The first-order valence-electron chi connectivity index (χ1n) is 6.73. The number of hydrogen-bond donors (Lipinski definition) is 1.